The first-order chi connectivity index (χ1) is 12.8. The lowest BCUT2D eigenvalue weighted by molar-refractivity contribution is -0.196. The molecule has 1 fully saturated rings. The Labute approximate surface area is 158 Å². The van der Waals surface area contributed by atoms with Gasteiger partial charge in [-0.25, -0.2) is 0 Å². The first kappa shape index (κ1) is 18.8. The summed E-state index contributed by atoms with van der Waals surface area (Å²) in [7, 11) is 1.17. The number of methoxy groups -OCH3 is 1. The number of esters is 2. The van der Waals surface area contributed by atoms with E-state index in [0.29, 0.717) is 11.1 Å². The lowest BCUT2D eigenvalue weighted by Crippen LogP contribution is -2.60. The molecule has 1 aliphatic rings. The third-order valence-corrected chi connectivity index (χ3v) is 5.15. The van der Waals surface area contributed by atoms with Gasteiger partial charge < -0.3 is 9.47 Å². The van der Waals surface area contributed by atoms with Gasteiger partial charge >= 0.3 is 11.9 Å². The van der Waals surface area contributed by atoms with E-state index in [0.717, 1.165) is 0 Å². The Kier molecular flexibility index (Phi) is 4.87. The van der Waals surface area contributed by atoms with Gasteiger partial charge in [-0.2, -0.15) is 0 Å². The minimum absolute atomic E-state index is 0.0941. The number of ketones is 1. The van der Waals surface area contributed by atoms with Crippen LogP contribution in [-0.4, -0.2) is 24.8 Å². The van der Waals surface area contributed by atoms with E-state index in [2.05, 4.69) is 0 Å². The van der Waals surface area contributed by atoms with Crippen LogP contribution in [0.15, 0.2) is 60.7 Å². The molecule has 2 aromatic rings. The van der Waals surface area contributed by atoms with Gasteiger partial charge in [0.2, 0.25) is 5.41 Å². The Morgan fingerprint density at radius 1 is 1.00 bits per heavy atom. The Balaban J connectivity index is 2.09. The second-order valence-electron chi connectivity index (χ2n) is 7.31. The monoisotopic (exact) mass is 366 g/mol. The zero-order chi connectivity index (χ0) is 19.7. The first-order valence-electron chi connectivity index (χ1n) is 8.77. The van der Waals surface area contributed by atoms with E-state index in [-0.39, 0.29) is 6.42 Å². The number of carbonyl (C=O) groups is 3. The van der Waals surface area contributed by atoms with Crippen molar-refractivity contribution in [3.05, 3.63) is 71.8 Å². The standard InChI is InChI=1S/C22H22O5/c1-21(2)17(16-12-8-5-9-13-16)27-20(25)22(18(21)23,19(24)26-3)14-15-10-6-4-7-11-15/h4-13,17H,14H2,1-3H3/t17-,22+/m0/s1. The fraction of sp³-hybridized carbons (Fsp3) is 0.318. The van der Waals surface area contributed by atoms with E-state index >= 15 is 0 Å². The number of carbonyl (C=O) groups excluding carboxylic acids is 3. The lowest BCUT2D eigenvalue weighted by Gasteiger charge is -2.44. The Morgan fingerprint density at radius 3 is 2.11 bits per heavy atom. The zero-order valence-electron chi connectivity index (χ0n) is 15.6. The Bertz CT molecular complexity index is 857. The van der Waals surface area contributed by atoms with Gasteiger partial charge in [0.25, 0.3) is 0 Å². The van der Waals surface area contributed by atoms with E-state index in [9.17, 15) is 14.4 Å². The van der Waals surface area contributed by atoms with Gasteiger partial charge in [0.05, 0.1) is 12.5 Å². The largest absolute Gasteiger partial charge is 0.468 e. The summed E-state index contributed by atoms with van der Waals surface area (Å²) in [6, 6.07) is 18.0. The van der Waals surface area contributed by atoms with Crippen molar-refractivity contribution in [3.63, 3.8) is 0 Å². The number of rotatable bonds is 4. The van der Waals surface area contributed by atoms with E-state index in [1.807, 2.05) is 24.3 Å². The fourth-order valence-electron chi connectivity index (χ4n) is 3.71. The van der Waals surface area contributed by atoms with Gasteiger partial charge in [-0.1, -0.05) is 60.7 Å². The molecule has 2 atom stereocenters. The highest BCUT2D eigenvalue weighted by atomic mass is 16.6. The van der Waals surface area contributed by atoms with Crippen LogP contribution >= 0.6 is 0 Å². The number of Topliss-reactive ketones (excluding diaryl/α,β-unsaturated/α-hetero) is 1. The molecule has 1 aliphatic heterocycles. The van der Waals surface area contributed by atoms with Gasteiger partial charge in [0.15, 0.2) is 5.78 Å². The van der Waals surface area contributed by atoms with Crippen molar-refractivity contribution in [2.45, 2.75) is 26.4 Å². The summed E-state index contributed by atoms with van der Waals surface area (Å²) in [6.07, 6.45) is -0.865. The molecule has 0 N–H and O–H groups in total. The number of benzene rings is 2. The molecular weight excluding hydrogens is 344 g/mol. The van der Waals surface area contributed by atoms with Crippen molar-refractivity contribution in [2.24, 2.45) is 10.8 Å². The van der Waals surface area contributed by atoms with Crippen LogP contribution in [0.5, 0.6) is 0 Å². The summed E-state index contributed by atoms with van der Waals surface area (Å²) < 4.78 is 10.6. The van der Waals surface area contributed by atoms with Crippen molar-refractivity contribution < 1.29 is 23.9 Å². The number of ether oxygens (including phenoxy) is 2. The molecule has 0 aromatic heterocycles. The van der Waals surface area contributed by atoms with Gasteiger partial charge in [-0.15, -0.1) is 0 Å². The molecule has 1 heterocycles. The average molecular weight is 366 g/mol. The van der Waals surface area contributed by atoms with Gasteiger partial charge in [-0.05, 0) is 25.0 Å². The third kappa shape index (κ3) is 3.03. The van der Waals surface area contributed by atoms with Crippen molar-refractivity contribution in [1.82, 2.24) is 0 Å². The highest BCUT2D eigenvalue weighted by Crippen LogP contribution is 2.49. The van der Waals surface area contributed by atoms with Crippen LogP contribution < -0.4 is 0 Å². The van der Waals surface area contributed by atoms with Crippen LogP contribution in [0.1, 0.15) is 31.1 Å². The molecule has 0 radical (unpaired) electrons. The minimum Gasteiger partial charge on any atom is -0.468 e. The quantitative estimate of drug-likeness (QED) is 0.613. The van der Waals surface area contributed by atoms with Crippen LogP contribution in [0.3, 0.4) is 0 Å². The van der Waals surface area contributed by atoms with Crippen LogP contribution in [0.25, 0.3) is 0 Å². The number of hydrogen-bond donors (Lipinski definition) is 0. The predicted octanol–water partition coefficient (Wildman–Crippen LogP) is 3.28. The maximum Gasteiger partial charge on any atom is 0.332 e. The molecule has 0 amide bonds. The second kappa shape index (κ2) is 6.99. The van der Waals surface area contributed by atoms with Crippen molar-refractivity contribution in [1.29, 1.82) is 0 Å². The second-order valence-corrected chi connectivity index (χ2v) is 7.31. The lowest BCUT2D eigenvalue weighted by atomic mass is 9.63. The molecule has 0 spiro atoms. The Hall–Kier alpha value is -2.95. The number of cyclic esters (lactones) is 1. The molecule has 3 rings (SSSR count). The van der Waals surface area contributed by atoms with E-state index in [1.54, 1.807) is 50.2 Å². The highest BCUT2D eigenvalue weighted by Gasteiger charge is 2.65. The fourth-order valence-corrected chi connectivity index (χ4v) is 3.71. The van der Waals surface area contributed by atoms with Crippen molar-refractivity contribution in [3.8, 4) is 0 Å². The third-order valence-electron chi connectivity index (χ3n) is 5.15. The van der Waals surface area contributed by atoms with Crippen LogP contribution in [-0.2, 0) is 30.3 Å². The van der Waals surface area contributed by atoms with Gasteiger partial charge in [0, 0.05) is 6.42 Å². The molecule has 1 saturated heterocycles. The van der Waals surface area contributed by atoms with E-state index < -0.39 is 34.7 Å². The zero-order valence-corrected chi connectivity index (χ0v) is 15.6. The summed E-state index contributed by atoms with van der Waals surface area (Å²) in [5.41, 5.74) is -1.71. The average Bonchev–Trinajstić information content (AvgIpc) is 2.69. The van der Waals surface area contributed by atoms with Crippen LogP contribution in [0.4, 0.5) is 0 Å². The summed E-state index contributed by atoms with van der Waals surface area (Å²) in [6.45, 7) is 3.39. The highest BCUT2D eigenvalue weighted by molar-refractivity contribution is 6.23. The van der Waals surface area contributed by atoms with Crippen molar-refractivity contribution >= 4 is 17.7 Å². The maximum atomic E-state index is 13.6. The predicted molar refractivity (Wildman–Crippen MR) is 98.7 cm³/mol. The normalized spacial score (nSPS) is 24.2. The molecule has 0 bridgehead atoms. The summed E-state index contributed by atoms with van der Waals surface area (Å²) in [4.78, 5) is 39.3. The van der Waals surface area contributed by atoms with E-state index in [1.165, 1.54) is 7.11 Å². The molecule has 5 nitrogen and oxygen atoms in total. The summed E-state index contributed by atoms with van der Waals surface area (Å²) in [5.74, 6) is -2.24. The molecule has 140 valence electrons. The molecule has 2 aromatic carbocycles. The minimum atomic E-state index is -2.01. The van der Waals surface area contributed by atoms with Crippen LogP contribution in [0, 0.1) is 10.8 Å². The smallest absolute Gasteiger partial charge is 0.332 e. The number of hydrogen-bond acceptors (Lipinski definition) is 5. The Morgan fingerprint density at radius 2 is 1.56 bits per heavy atom. The van der Waals surface area contributed by atoms with E-state index in [4.69, 9.17) is 9.47 Å². The molecule has 27 heavy (non-hydrogen) atoms. The summed E-state index contributed by atoms with van der Waals surface area (Å²) >= 11 is 0. The van der Waals surface area contributed by atoms with Gasteiger partial charge in [-0.3, -0.25) is 14.4 Å². The summed E-state index contributed by atoms with van der Waals surface area (Å²) in [5, 5.41) is 0. The van der Waals surface area contributed by atoms with Crippen molar-refractivity contribution in [2.75, 3.05) is 7.11 Å². The molecule has 0 aliphatic carbocycles. The maximum absolute atomic E-state index is 13.6. The van der Waals surface area contributed by atoms with Gasteiger partial charge in [0.1, 0.15) is 6.10 Å². The molecule has 5 heteroatoms. The first-order valence-corrected chi connectivity index (χ1v) is 8.77. The molecule has 0 unspecified atom stereocenters. The molecular formula is C22H22O5. The topological polar surface area (TPSA) is 69.7 Å². The molecule has 0 saturated carbocycles. The SMILES string of the molecule is COC(=O)[C@]1(Cc2ccccc2)C(=O)O[C@@H](c2ccccc2)C(C)(C)C1=O. The van der Waals surface area contributed by atoms with Crippen LogP contribution in [0.2, 0.25) is 0 Å².